The van der Waals surface area contributed by atoms with Crippen molar-refractivity contribution >= 4 is 5.97 Å². The Balaban J connectivity index is 1.98. The predicted octanol–water partition coefficient (Wildman–Crippen LogP) is 3.81. The van der Waals surface area contributed by atoms with Crippen LogP contribution in [0.2, 0.25) is 0 Å². The van der Waals surface area contributed by atoms with Crippen LogP contribution in [0.15, 0.2) is 24.3 Å². The van der Waals surface area contributed by atoms with Crippen LogP contribution in [-0.4, -0.2) is 18.2 Å². The standard InChI is InChI=1S/C17H24O3/c1-4-13(2)15-7-5-6-14(10-15)12-20-17(3)8-9-19-16(18)11-17/h5-7,10,13H,4,8-9,11-12H2,1-3H3. The second kappa shape index (κ2) is 6.40. The molecule has 1 fully saturated rings. The van der Waals surface area contributed by atoms with E-state index in [1.54, 1.807) is 0 Å². The predicted molar refractivity (Wildman–Crippen MR) is 78.5 cm³/mol. The van der Waals surface area contributed by atoms with Crippen molar-refractivity contribution in [2.45, 2.75) is 58.2 Å². The highest BCUT2D eigenvalue weighted by molar-refractivity contribution is 5.71. The summed E-state index contributed by atoms with van der Waals surface area (Å²) in [5, 5.41) is 0. The topological polar surface area (TPSA) is 35.5 Å². The van der Waals surface area contributed by atoms with E-state index >= 15 is 0 Å². The van der Waals surface area contributed by atoms with Gasteiger partial charge in [-0.2, -0.15) is 0 Å². The Hall–Kier alpha value is -1.35. The smallest absolute Gasteiger partial charge is 0.308 e. The molecule has 0 aliphatic carbocycles. The summed E-state index contributed by atoms with van der Waals surface area (Å²) >= 11 is 0. The third-order valence-electron chi connectivity index (χ3n) is 4.13. The van der Waals surface area contributed by atoms with Crippen molar-refractivity contribution in [1.29, 1.82) is 0 Å². The number of esters is 1. The average Bonchev–Trinajstić information content (AvgIpc) is 2.44. The van der Waals surface area contributed by atoms with E-state index in [0.29, 0.717) is 25.6 Å². The molecule has 2 unspecified atom stereocenters. The molecule has 0 N–H and O–H groups in total. The fraction of sp³-hybridized carbons (Fsp3) is 0.588. The van der Waals surface area contributed by atoms with Crippen LogP contribution >= 0.6 is 0 Å². The van der Waals surface area contributed by atoms with Crippen molar-refractivity contribution in [3.05, 3.63) is 35.4 Å². The summed E-state index contributed by atoms with van der Waals surface area (Å²) in [5.41, 5.74) is 2.13. The highest BCUT2D eigenvalue weighted by atomic mass is 16.5. The fourth-order valence-electron chi connectivity index (χ4n) is 2.43. The summed E-state index contributed by atoms with van der Waals surface area (Å²) in [4.78, 5) is 11.4. The minimum atomic E-state index is -0.387. The largest absolute Gasteiger partial charge is 0.465 e. The maximum absolute atomic E-state index is 11.4. The number of hydrogen-bond donors (Lipinski definition) is 0. The van der Waals surface area contributed by atoms with Crippen LogP contribution in [0.25, 0.3) is 0 Å². The number of cyclic esters (lactones) is 1. The molecule has 0 aromatic heterocycles. The van der Waals surface area contributed by atoms with E-state index in [-0.39, 0.29) is 11.6 Å². The van der Waals surface area contributed by atoms with Gasteiger partial charge >= 0.3 is 5.97 Å². The number of hydrogen-bond acceptors (Lipinski definition) is 3. The van der Waals surface area contributed by atoms with Gasteiger partial charge in [-0.15, -0.1) is 0 Å². The van der Waals surface area contributed by atoms with Crippen LogP contribution in [0.4, 0.5) is 0 Å². The number of rotatable bonds is 5. The molecular weight excluding hydrogens is 252 g/mol. The Kier molecular flexibility index (Phi) is 4.81. The maximum Gasteiger partial charge on any atom is 0.308 e. The molecule has 20 heavy (non-hydrogen) atoms. The summed E-state index contributed by atoms with van der Waals surface area (Å²) in [6.07, 6.45) is 2.25. The average molecular weight is 276 g/mol. The zero-order valence-electron chi connectivity index (χ0n) is 12.6. The molecule has 0 amide bonds. The van der Waals surface area contributed by atoms with E-state index in [2.05, 4.69) is 38.1 Å². The summed E-state index contributed by atoms with van der Waals surface area (Å²) in [6, 6.07) is 8.53. The first-order valence-corrected chi connectivity index (χ1v) is 7.41. The Bertz CT molecular complexity index is 469. The van der Waals surface area contributed by atoms with Crippen molar-refractivity contribution < 1.29 is 14.3 Å². The van der Waals surface area contributed by atoms with Gasteiger partial charge in [0.25, 0.3) is 0 Å². The van der Waals surface area contributed by atoms with E-state index < -0.39 is 0 Å². The Morgan fingerprint density at radius 1 is 1.45 bits per heavy atom. The van der Waals surface area contributed by atoms with Gasteiger partial charge in [0.1, 0.15) is 0 Å². The Morgan fingerprint density at radius 2 is 2.25 bits per heavy atom. The normalized spacial score (nSPS) is 24.2. The lowest BCUT2D eigenvalue weighted by Gasteiger charge is -2.32. The first-order valence-electron chi connectivity index (χ1n) is 7.41. The Morgan fingerprint density at radius 3 is 2.95 bits per heavy atom. The monoisotopic (exact) mass is 276 g/mol. The van der Waals surface area contributed by atoms with Crippen molar-refractivity contribution in [2.75, 3.05) is 6.61 Å². The van der Waals surface area contributed by atoms with Crippen molar-refractivity contribution in [2.24, 2.45) is 0 Å². The SMILES string of the molecule is CCC(C)c1cccc(COC2(C)CCOC(=O)C2)c1. The molecule has 0 radical (unpaired) electrons. The summed E-state index contributed by atoms with van der Waals surface area (Å²) in [6.45, 7) is 7.43. The van der Waals surface area contributed by atoms with Crippen LogP contribution in [-0.2, 0) is 20.9 Å². The summed E-state index contributed by atoms with van der Waals surface area (Å²) in [5.74, 6) is 0.405. The molecule has 3 nitrogen and oxygen atoms in total. The quantitative estimate of drug-likeness (QED) is 0.767. The molecule has 1 aliphatic heterocycles. The second-order valence-corrected chi connectivity index (χ2v) is 5.94. The minimum absolute atomic E-state index is 0.160. The lowest BCUT2D eigenvalue weighted by atomic mass is 9.95. The second-order valence-electron chi connectivity index (χ2n) is 5.94. The van der Waals surface area contributed by atoms with Crippen molar-refractivity contribution in [3.8, 4) is 0 Å². The van der Waals surface area contributed by atoms with Gasteiger partial charge in [-0.25, -0.2) is 0 Å². The minimum Gasteiger partial charge on any atom is -0.465 e. The van der Waals surface area contributed by atoms with E-state index in [4.69, 9.17) is 9.47 Å². The third kappa shape index (κ3) is 3.83. The fourth-order valence-corrected chi connectivity index (χ4v) is 2.43. The van der Waals surface area contributed by atoms with Crippen LogP contribution in [0.5, 0.6) is 0 Å². The van der Waals surface area contributed by atoms with E-state index in [9.17, 15) is 4.79 Å². The van der Waals surface area contributed by atoms with E-state index in [1.165, 1.54) is 11.1 Å². The molecule has 110 valence electrons. The Labute approximate surface area is 121 Å². The number of carbonyl (C=O) groups is 1. The highest BCUT2D eigenvalue weighted by Crippen LogP contribution is 2.27. The third-order valence-corrected chi connectivity index (χ3v) is 4.13. The molecule has 1 aliphatic rings. The lowest BCUT2D eigenvalue weighted by molar-refractivity contribution is -0.165. The van der Waals surface area contributed by atoms with Gasteiger partial charge in [0.15, 0.2) is 0 Å². The molecule has 0 spiro atoms. The van der Waals surface area contributed by atoms with Crippen LogP contribution < -0.4 is 0 Å². The van der Waals surface area contributed by atoms with Gasteiger partial charge in [-0.05, 0) is 30.4 Å². The molecule has 1 aromatic carbocycles. The molecule has 1 heterocycles. The van der Waals surface area contributed by atoms with Crippen LogP contribution in [0.1, 0.15) is 57.1 Å². The molecule has 0 bridgehead atoms. The van der Waals surface area contributed by atoms with Gasteiger partial charge in [0.05, 0.1) is 25.2 Å². The maximum atomic E-state index is 11.4. The summed E-state index contributed by atoms with van der Waals surface area (Å²) < 4.78 is 11.0. The molecule has 1 saturated heterocycles. The van der Waals surface area contributed by atoms with Crippen LogP contribution in [0, 0.1) is 0 Å². The van der Waals surface area contributed by atoms with Crippen molar-refractivity contribution in [1.82, 2.24) is 0 Å². The van der Waals surface area contributed by atoms with E-state index in [1.807, 2.05) is 6.92 Å². The molecule has 3 heteroatoms. The number of carbonyl (C=O) groups excluding carboxylic acids is 1. The van der Waals surface area contributed by atoms with Gasteiger partial charge in [-0.1, -0.05) is 38.1 Å². The molecule has 2 rings (SSSR count). The van der Waals surface area contributed by atoms with E-state index in [0.717, 1.165) is 12.8 Å². The molecule has 0 saturated carbocycles. The van der Waals surface area contributed by atoms with Crippen molar-refractivity contribution in [3.63, 3.8) is 0 Å². The zero-order valence-corrected chi connectivity index (χ0v) is 12.6. The zero-order chi connectivity index (χ0) is 14.6. The van der Waals surface area contributed by atoms with Crippen LogP contribution in [0.3, 0.4) is 0 Å². The molecular formula is C17H24O3. The first kappa shape index (κ1) is 15.0. The molecule has 2 atom stereocenters. The highest BCUT2D eigenvalue weighted by Gasteiger charge is 2.33. The lowest BCUT2D eigenvalue weighted by Crippen LogP contribution is -2.38. The van der Waals surface area contributed by atoms with Gasteiger partial charge in [0.2, 0.25) is 0 Å². The first-order chi connectivity index (χ1) is 9.52. The van der Waals surface area contributed by atoms with Gasteiger partial charge in [0, 0.05) is 6.42 Å². The number of ether oxygens (including phenoxy) is 2. The molecule has 1 aromatic rings. The van der Waals surface area contributed by atoms with Gasteiger partial charge in [-0.3, -0.25) is 4.79 Å². The number of benzene rings is 1. The van der Waals surface area contributed by atoms with Gasteiger partial charge < -0.3 is 9.47 Å². The summed E-state index contributed by atoms with van der Waals surface area (Å²) in [7, 11) is 0.